The Labute approximate surface area is 228 Å². The normalized spacial score (nSPS) is 14.7. The summed E-state index contributed by atoms with van der Waals surface area (Å²) < 4.78 is 1.85. The minimum absolute atomic E-state index is 0.154. The van der Waals surface area contributed by atoms with Crippen LogP contribution in [0.15, 0.2) is 77.1 Å². The van der Waals surface area contributed by atoms with E-state index in [-0.39, 0.29) is 5.91 Å². The zero-order valence-corrected chi connectivity index (χ0v) is 23.5. The Hall–Kier alpha value is -3.84. The minimum atomic E-state index is -0.403. The third-order valence-corrected chi connectivity index (χ3v) is 7.85. The van der Waals surface area contributed by atoms with Gasteiger partial charge in [0.2, 0.25) is 11.1 Å². The molecular formula is C31H33N5OS. The molecule has 1 atom stereocenters. The van der Waals surface area contributed by atoms with Crippen LogP contribution in [0.2, 0.25) is 0 Å². The first-order chi connectivity index (χ1) is 18.2. The summed E-state index contributed by atoms with van der Waals surface area (Å²) in [4.78, 5) is 18.6. The summed E-state index contributed by atoms with van der Waals surface area (Å²) >= 11 is 1.60. The van der Waals surface area contributed by atoms with Gasteiger partial charge in [0, 0.05) is 17.1 Å². The SMILES string of the molecule is CC1=C(C(=O)Nc2ccc(C)cc2C)C(c2ccc(C)cc2)n2nc(SCc3cc(C)ccc3C)nc2N1. The topological polar surface area (TPSA) is 71.8 Å². The molecule has 38 heavy (non-hydrogen) atoms. The van der Waals surface area contributed by atoms with E-state index in [9.17, 15) is 4.79 Å². The monoisotopic (exact) mass is 523 g/mol. The van der Waals surface area contributed by atoms with Crippen molar-refractivity contribution < 1.29 is 4.79 Å². The zero-order valence-electron chi connectivity index (χ0n) is 22.7. The highest BCUT2D eigenvalue weighted by molar-refractivity contribution is 7.98. The second-order valence-corrected chi connectivity index (χ2v) is 11.1. The van der Waals surface area contributed by atoms with Gasteiger partial charge >= 0.3 is 0 Å². The first-order valence-corrected chi connectivity index (χ1v) is 13.8. The molecule has 2 heterocycles. The molecule has 1 aliphatic heterocycles. The number of carbonyl (C=O) groups is 1. The van der Waals surface area contributed by atoms with E-state index in [1.807, 2.05) is 37.6 Å². The lowest BCUT2D eigenvalue weighted by Gasteiger charge is -2.29. The third-order valence-electron chi connectivity index (χ3n) is 6.96. The second-order valence-electron chi connectivity index (χ2n) is 10.1. The van der Waals surface area contributed by atoms with Crippen molar-refractivity contribution >= 4 is 29.3 Å². The lowest BCUT2D eigenvalue weighted by atomic mass is 9.94. The molecule has 0 radical (unpaired) electrons. The number of nitrogens with one attached hydrogen (secondary N) is 2. The molecule has 1 aliphatic rings. The van der Waals surface area contributed by atoms with Crippen LogP contribution in [0, 0.1) is 34.6 Å². The van der Waals surface area contributed by atoms with Gasteiger partial charge in [0.1, 0.15) is 6.04 Å². The van der Waals surface area contributed by atoms with Crippen LogP contribution in [0.3, 0.4) is 0 Å². The van der Waals surface area contributed by atoms with Gasteiger partial charge in [-0.1, -0.05) is 83.0 Å². The number of nitrogens with zero attached hydrogens (tertiary/aromatic N) is 3. The van der Waals surface area contributed by atoms with Crippen LogP contribution in [0.4, 0.5) is 11.6 Å². The fraction of sp³-hybridized carbons (Fsp3) is 0.258. The summed E-state index contributed by atoms with van der Waals surface area (Å²) in [5.74, 6) is 1.26. The summed E-state index contributed by atoms with van der Waals surface area (Å²) in [7, 11) is 0. The standard InChI is InChI=1S/C31H33N5OS/c1-18-8-12-24(13-9-18)28-27(29(37)33-26-14-10-19(2)15-22(26)5)23(6)32-30-34-31(35-36(28)30)38-17-25-16-20(3)7-11-21(25)4/h7-16,28H,17H2,1-6H3,(H,33,37)(H,32,34,35). The Morgan fingerprint density at radius 3 is 2.32 bits per heavy atom. The molecule has 1 amide bonds. The zero-order chi connectivity index (χ0) is 27.0. The molecule has 1 unspecified atom stereocenters. The van der Waals surface area contributed by atoms with Crippen molar-refractivity contribution in [2.24, 2.45) is 0 Å². The number of hydrogen-bond acceptors (Lipinski definition) is 5. The Kier molecular flexibility index (Phi) is 7.13. The highest BCUT2D eigenvalue weighted by Gasteiger charge is 2.34. The number of allylic oxidation sites excluding steroid dienone is 1. The number of carbonyl (C=O) groups excluding carboxylic acids is 1. The van der Waals surface area contributed by atoms with Crippen molar-refractivity contribution in [3.05, 3.63) is 111 Å². The van der Waals surface area contributed by atoms with Crippen molar-refractivity contribution in [1.82, 2.24) is 14.8 Å². The minimum Gasteiger partial charge on any atom is -0.328 e. The van der Waals surface area contributed by atoms with Gasteiger partial charge in [-0.3, -0.25) is 4.79 Å². The fourth-order valence-corrected chi connectivity index (χ4v) is 5.68. The maximum absolute atomic E-state index is 13.8. The van der Waals surface area contributed by atoms with Crippen LogP contribution in [0.5, 0.6) is 0 Å². The van der Waals surface area contributed by atoms with Gasteiger partial charge in [-0.15, -0.1) is 5.10 Å². The van der Waals surface area contributed by atoms with E-state index in [4.69, 9.17) is 10.1 Å². The number of aryl methyl sites for hydroxylation is 5. The smallest absolute Gasteiger partial charge is 0.255 e. The second kappa shape index (κ2) is 10.5. The van der Waals surface area contributed by atoms with Crippen molar-refractivity contribution in [2.75, 3.05) is 10.6 Å². The number of rotatable bonds is 6. The molecule has 0 bridgehead atoms. The molecule has 5 rings (SSSR count). The summed E-state index contributed by atoms with van der Waals surface area (Å²) in [5.41, 5.74) is 10.3. The molecule has 0 spiro atoms. The predicted octanol–water partition coefficient (Wildman–Crippen LogP) is 7.04. The number of hydrogen-bond donors (Lipinski definition) is 2. The molecule has 1 aromatic heterocycles. The van der Waals surface area contributed by atoms with E-state index in [1.54, 1.807) is 11.8 Å². The van der Waals surface area contributed by atoms with Crippen molar-refractivity contribution in [3.63, 3.8) is 0 Å². The van der Waals surface area contributed by atoms with Crippen molar-refractivity contribution in [3.8, 4) is 0 Å². The number of benzene rings is 3. The Balaban J connectivity index is 1.49. The van der Waals surface area contributed by atoms with Crippen LogP contribution < -0.4 is 10.6 Å². The van der Waals surface area contributed by atoms with Gasteiger partial charge in [0.05, 0.1) is 5.57 Å². The molecule has 194 valence electrons. The van der Waals surface area contributed by atoms with Crippen LogP contribution in [0.1, 0.15) is 51.9 Å². The van der Waals surface area contributed by atoms with Crippen LogP contribution in [0.25, 0.3) is 0 Å². The molecule has 6 nitrogen and oxygen atoms in total. The lowest BCUT2D eigenvalue weighted by Crippen LogP contribution is -2.31. The number of amides is 1. The summed E-state index contributed by atoms with van der Waals surface area (Å²) in [6.45, 7) is 12.3. The van der Waals surface area contributed by atoms with E-state index in [0.717, 1.165) is 39.4 Å². The lowest BCUT2D eigenvalue weighted by molar-refractivity contribution is -0.113. The Morgan fingerprint density at radius 1 is 0.895 bits per heavy atom. The molecule has 0 fully saturated rings. The van der Waals surface area contributed by atoms with E-state index in [2.05, 4.69) is 79.9 Å². The molecule has 0 aliphatic carbocycles. The van der Waals surface area contributed by atoms with Crippen LogP contribution >= 0.6 is 11.8 Å². The van der Waals surface area contributed by atoms with Crippen molar-refractivity contribution in [1.29, 1.82) is 0 Å². The number of anilines is 2. The van der Waals surface area contributed by atoms with E-state index in [1.165, 1.54) is 16.7 Å². The third kappa shape index (κ3) is 5.24. The maximum atomic E-state index is 13.8. The highest BCUT2D eigenvalue weighted by Crippen LogP contribution is 2.37. The average Bonchev–Trinajstić information content (AvgIpc) is 3.28. The summed E-state index contributed by atoms with van der Waals surface area (Å²) in [6.07, 6.45) is 0. The van der Waals surface area contributed by atoms with E-state index in [0.29, 0.717) is 16.7 Å². The number of aromatic nitrogens is 3. The first kappa shape index (κ1) is 25.8. The first-order valence-electron chi connectivity index (χ1n) is 12.8. The van der Waals surface area contributed by atoms with Gasteiger partial charge in [-0.05, 0) is 69.9 Å². The molecule has 0 saturated carbocycles. The highest BCUT2D eigenvalue weighted by atomic mass is 32.2. The van der Waals surface area contributed by atoms with Crippen LogP contribution in [-0.2, 0) is 10.5 Å². The Bertz CT molecular complexity index is 1550. The van der Waals surface area contributed by atoms with E-state index < -0.39 is 6.04 Å². The molecule has 7 heteroatoms. The van der Waals surface area contributed by atoms with Crippen molar-refractivity contribution in [2.45, 2.75) is 58.5 Å². The largest absolute Gasteiger partial charge is 0.328 e. The van der Waals surface area contributed by atoms with E-state index >= 15 is 0 Å². The predicted molar refractivity (Wildman–Crippen MR) is 156 cm³/mol. The molecule has 0 saturated heterocycles. The quantitative estimate of drug-likeness (QED) is 0.265. The van der Waals surface area contributed by atoms with Gasteiger partial charge in [-0.25, -0.2) is 4.68 Å². The number of fused-ring (bicyclic) bond motifs is 1. The summed E-state index contributed by atoms with van der Waals surface area (Å²) in [6, 6.07) is 20.4. The van der Waals surface area contributed by atoms with Gasteiger partial charge in [-0.2, -0.15) is 4.98 Å². The molecule has 4 aromatic rings. The summed E-state index contributed by atoms with van der Waals surface area (Å²) in [5, 5.41) is 12.1. The molecule has 2 N–H and O–H groups in total. The van der Waals surface area contributed by atoms with Gasteiger partial charge in [0.25, 0.3) is 5.91 Å². The number of thioether (sulfide) groups is 1. The van der Waals surface area contributed by atoms with Gasteiger partial charge in [0.15, 0.2) is 0 Å². The molecule has 3 aromatic carbocycles. The van der Waals surface area contributed by atoms with Gasteiger partial charge < -0.3 is 10.6 Å². The fourth-order valence-electron chi connectivity index (χ4n) is 4.79. The molecular weight excluding hydrogens is 490 g/mol. The Morgan fingerprint density at radius 2 is 1.58 bits per heavy atom. The average molecular weight is 524 g/mol. The van der Waals surface area contributed by atoms with Crippen LogP contribution in [-0.4, -0.2) is 20.7 Å². The maximum Gasteiger partial charge on any atom is 0.255 e.